The number of anilines is 1. The van der Waals surface area contributed by atoms with E-state index in [0.717, 1.165) is 54.1 Å². The average Bonchev–Trinajstić information content (AvgIpc) is 2.87. The van der Waals surface area contributed by atoms with Gasteiger partial charge in [-0.25, -0.2) is 9.78 Å². The second kappa shape index (κ2) is 10.1. The van der Waals surface area contributed by atoms with E-state index in [9.17, 15) is 4.79 Å². The molecule has 162 valence electrons. The van der Waals surface area contributed by atoms with E-state index in [0.29, 0.717) is 5.56 Å². The molecule has 0 saturated carbocycles. The van der Waals surface area contributed by atoms with Gasteiger partial charge in [0.1, 0.15) is 5.82 Å². The van der Waals surface area contributed by atoms with Crippen LogP contribution in [0, 0.1) is 11.8 Å². The van der Waals surface area contributed by atoms with Crippen molar-refractivity contribution in [1.29, 1.82) is 0 Å². The lowest BCUT2D eigenvalue weighted by Gasteiger charge is -2.32. The van der Waals surface area contributed by atoms with Crippen molar-refractivity contribution in [2.24, 2.45) is 0 Å². The summed E-state index contributed by atoms with van der Waals surface area (Å²) in [4.78, 5) is 23.4. The van der Waals surface area contributed by atoms with Gasteiger partial charge in [0.25, 0.3) is 0 Å². The van der Waals surface area contributed by atoms with Crippen molar-refractivity contribution >= 4 is 11.8 Å². The number of ether oxygens (including phenoxy) is 2. The highest BCUT2D eigenvalue weighted by atomic mass is 16.5. The van der Waals surface area contributed by atoms with Gasteiger partial charge in [-0.2, -0.15) is 0 Å². The van der Waals surface area contributed by atoms with Gasteiger partial charge in [-0.3, -0.25) is 4.98 Å². The zero-order valence-electron chi connectivity index (χ0n) is 18.2. The number of nitrogens with zero attached hydrogens (tertiary/aromatic N) is 3. The Bertz CT molecular complexity index is 1130. The largest absolute Gasteiger partial charge is 0.465 e. The summed E-state index contributed by atoms with van der Waals surface area (Å²) in [7, 11) is 3.14. The Labute approximate surface area is 188 Å². The first-order valence-electron chi connectivity index (χ1n) is 10.6. The van der Waals surface area contributed by atoms with Crippen LogP contribution in [0.4, 0.5) is 5.82 Å². The van der Waals surface area contributed by atoms with Crippen LogP contribution < -0.4 is 4.90 Å². The summed E-state index contributed by atoms with van der Waals surface area (Å²) in [5.74, 6) is 6.65. The van der Waals surface area contributed by atoms with E-state index in [2.05, 4.69) is 21.7 Å². The van der Waals surface area contributed by atoms with Crippen molar-refractivity contribution in [3.8, 4) is 23.1 Å². The van der Waals surface area contributed by atoms with Crippen molar-refractivity contribution in [2.75, 3.05) is 32.2 Å². The van der Waals surface area contributed by atoms with E-state index in [-0.39, 0.29) is 12.1 Å². The molecule has 2 aromatic heterocycles. The molecule has 3 heterocycles. The molecule has 1 aliphatic rings. The zero-order valence-corrected chi connectivity index (χ0v) is 18.2. The van der Waals surface area contributed by atoms with Gasteiger partial charge in [-0.05, 0) is 49.2 Å². The Balaban J connectivity index is 1.61. The van der Waals surface area contributed by atoms with Gasteiger partial charge >= 0.3 is 5.97 Å². The summed E-state index contributed by atoms with van der Waals surface area (Å²) >= 11 is 0. The van der Waals surface area contributed by atoms with Gasteiger partial charge in [0.05, 0.1) is 24.5 Å². The van der Waals surface area contributed by atoms with Crippen molar-refractivity contribution in [2.45, 2.75) is 18.9 Å². The van der Waals surface area contributed by atoms with Gasteiger partial charge in [-0.1, -0.05) is 24.0 Å². The van der Waals surface area contributed by atoms with Gasteiger partial charge in [0.2, 0.25) is 0 Å². The maximum Gasteiger partial charge on any atom is 0.338 e. The first-order chi connectivity index (χ1) is 15.7. The Morgan fingerprint density at radius 3 is 2.44 bits per heavy atom. The van der Waals surface area contributed by atoms with E-state index >= 15 is 0 Å². The Morgan fingerprint density at radius 1 is 1.03 bits per heavy atom. The summed E-state index contributed by atoms with van der Waals surface area (Å²) in [5.41, 5.74) is 3.88. The second-order valence-corrected chi connectivity index (χ2v) is 7.58. The average molecular weight is 428 g/mol. The molecule has 6 nitrogen and oxygen atoms in total. The third-order valence-corrected chi connectivity index (χ3v) is 5.53. The number of hydrogen-bond donors (Lipinski definition) is 0. The molecule has 1 saturated heterocycles. The topological polar surface area (TPSA) is 64.5 Å². The van der Waals surface area contributed by atoms with Gasteiger partial charge < -0.3 is 14.4 Å². The van der Waals surface area contributed by atoms with Crippen molar-refractivity contribution < 1.29 is 14.3 Å². The fraction of sp³-hybridized carbons (Fsp3) is 0.269. The fourth-order valence-corrected chi connectivity index (χ4v) is 3.69. The molecule has 0 N–H and O–H groups in total. The van der Waals surface area contributed by atoms with Crippen LogP contribution in [0.1, 0.15) is 34.3 Å². The number of esters is 1. The van der Waals surface area contributed by atoms with E-state index < -0.39 is 0 Å². The molecular formula is C26H25N3O3. The number of hydrogen-bond acceptors (Lipinski definition) is 6. The van der Waals surface area contributed by atoms with Crippen LogP contribution in [0.25, 0.3) is 11.3 Å². The van der Waals surface area contributed by atoms with Crippen molar-refractivity contribution in [1.82, 2.24) is 9.97 Å². The molecule has 0 amide bonds. The predicted octanol–water partition coefficient (Wildman–Crippen LogP) is 3.95. The monoisotopic (exact) mass is 427 g/mol. The smallest absolute Gasteiger partial charge is 0.338 e. The van der Waals surface area contributed by atoms with Crippen molar-refractivity contribution in [3.63, 3.8) is 0 Å². The molecule has 0 atom stereocenters. The third kappa shape index (κ3) is 5.13. The molecule has 0 bridgehead atoms. The lowest BCUT2D eigenvalue weighted by molar-refractivity contribution is 0.0600. The number of carbonyl (C=O) groups is 1. The van der Waals surface area contributed by atoms with Crippen molar-refractivity contribution in [3.05, 3.63) is 77.6 Å². The molecule has 1 fully saturated rings. The number of pyridine rings is 2. The minimum absolute atomic E-state index is 0.273. The molecule has 4 rings (SSSR count). The highest BCUT2D eigenvalue weighted by Gasteiger charge is 2.21. The Kier molecular flexibility index (Phi) is 6.78. The van der Waals surface area contributed by atoms with Gasteiger partial charge in [0, 0.05) is 49.3 Å². The predicted molar refractivity (Wildman–Crippen MR) is 123 cm³/mol. The molecule has 1 aromatic carbocycles. The summed E-state index contributed by atoms with van der Waals surface area (Å²) in [6.45, 7) is 1.66. The molecule has 1 aliphatic heterocycles. The highest BCUT2D eigenvalue weighted by Crippen LogP contribution is 2.26. The fourth-order valence-electron chi connectivity index (χ4n) is 3.69. The number of carbonyl (C=O) groups excluding carboxylic acids is 1. The molecule has 0 radical (unpaired) electrons. The highest BCUT2D eigenvalue weighted by molar-refractivity contribution is 5.91. The van der Waals surface area contributed by atoms with Crippen LogP contribution in [-0.2, 0) is 9.47 Å². The molecular weight excluding hydrogens is 402 g/mol. The van der Waals surface area contributed by atoms with Gasteiger partial charge in [0.15, 0.2) is 0 Å². The summed E-state index contributed by atoms with van der Waals surface area (Å²) in [6, 6.07) is 15.2. The molecule has 3 aromatic rings. The Hall–Kier alpha value is -3.69. The minimum Gasteiger partial charge on any atom is -0.465 e. The standard InChI is InChI=1S/C26H25N3O3/c1-31-23-11-14-29(15-12-23)25-17-22(26(30)32-2)16-24(28-25)21-9-7-19(8-10-21)5-6-20-4-3-13-27-18-20/h3-4,7-10,13,16-18,23H,11-12,14-15H2,1-2H3. The lowest BCUT2D eigenvalue weighted by Crippen LogP contribution is -2.37. The molecule has 6 heteroatoms. The number of benzene rings is 1. The van der Waals surface area contributed by atoms with E-state index in [1.165, 1.54) is 7.11 Å². The number of methoxy groups -OCH3 is 2. The van der Waals surface area contributed by atoms with Crippen LogP contribution in [0.3, 0.4) is 0 Å². The van der Waals surface area contributed by atoms with E-state index in [1.807, 2.05) is 36.4 Å². The third-order valence-electron chi connectivity index (χ3n) is 5.53. The van der Waals surface area contributed by atoms with Gasteiger partial charge in [-0.15, -0.1) is 0 Å². The van der Waals surface area contributed by atoms with Crippen LogP contribution in [0.2, 0.25) is 0 Å². The first kappa shape index (κ1) is 21.5. The molecule has 0 unspecified atom stereocenters. The number of rotatable bonds is 4. The Morgan fingerprint density at radius 2 is 1.78 bits per heavy atom. The lowest BCUT2D eigenvalue weighted by atomic mass is 10.0. The zero-order chi connectivity index (χ0) is 22.3. The maximum absolute atomic E-state index is 12.3. The molecule has 0 spiro atoms. The van der Waals surface area contributed by atoms with Crippen LogP contribution in [0.5, 0.6) is 0 Å². The number of aromatic nitrogens is 2. The second-order valence-electron chi connectivity index (χ2n) is 7.58. The summed E-state index contributed by atoms with van der Waals surface area (Å²) < 4.78 is 10.4. The van der Waals surface area contributed by atoms with E-state index in [1.54, 1.807) is 31.6 Å². The maximum atomic E-state index is 12.3. The van der Waals surface area contributed by atoms with E-state index in [4.69, 9.17) is 14.5 Å². The quantitative estimate of drug-likeness (QED) is 0.464. The summed E-state index contributed by atoms with van der Waals surface area (Å²) in [5, 5.41) is 0. The van der Waals surface area contributed by atoms with Crippen LogP contribution in [0.15, 0.2) is 60.9 Å². The normalized spacial score (nSPS) is 13.9. The SMILES string of the molecule is COC(=O)c1cc(-c2ccc(C#Cc3cccnc3)cc2)nc(N2CCC(OC)CC2)c1. The minimum atomic E-state index is -0.374. The number of piperidine rings is 1. The van der Waals surface area contributed by atoms with Crippen LogP contribution >= 0.6 is 0 Å². The first-order valence-corrected chi connectivity index (χ1v) is 10.6. The molecule has 0 aliphatic carbocycles. The van der Waals surface area contributed by atoms with Crippen LogP contribution in [-0.4, -0.2) is 49.4 Å². The summed E-state index contributed by atoms with van der Waals surface area (Å²) in [6.07, 6.45) is 5.60. The molecule has 32 heavy (non-hydrogen) atoms.